The van der Waals surface area contributed by atoms with Crippen LogP contribution in [0.2, 0.25) is 0 Å². The molecule has 1 fully saturated rings. The Kier molecular flexibility index (Phi) is 6.37. The minimum absolute atomic E-state index is 0.492. The van der Waals surface area contributed by atoms with Crippen molar-refractivity contribution in [2.75, 3.05) is 6.61 Å². The van der Waals surface area contributed by atoms with Crippen molar-refractivity contribution in [2.24, 2.45) is 5.92 Å². The molecule has 0 heterocycles. The Hall–Kier alpha value is -0.0600. The van der Waals surface area contributed by atoms with Crippen LogP contribution >= 0.6 is 31.9 Å². The van der Waals surface area contributed by atoms with Gasteiger partial charge in [-0.05, 0) is 68.3 Å². The number of benzene rings is 1. The molecule has 4 heteroatoms. The van der Waals surface area contributed by atoms with Crippen molar-refractivity contribution in [3.63, 3.8) is 0 Å². The van der Waals surface area contributed by atoms with E-state index in [2.05, 4.69) is 63.2 Å². The van der Waals surface area contributed by atoms with Crippen LogP contribution in [0.3, 0.4) is 0 Å². The van der Waals surface area contributed by atoms with Gasteiger partial charge in [-0.15, -0.1) is 0 Å². The molecule has 1 N–H and O–H groups in total. The number of halogens is 2. The molecule has 0 unspecified atom stereocenters. The quantitative estimate of drug-likeness (QED) is 0.696. The molecule has 0 aliphatic heterocycles. The van der Waals surface area contributed by atoms with E-state index in [9.17, 15) is 0 Å². The molecular formula is C16H23Br2NO. The molecule has 20 heavy (non-hydrogen) atoms. The van der Waals surface area contributed by atoms with Gasteiger partial charge < -0.3 is 10.1 Å². The second-order valence-corrected chi connectivity index (χ2v) is 7.59. The fourth-order valence-electron chi connectivity index (χ4n) is 2.55. The highest BCUT2D eigenvalue weighted by atomic mass is 79.9. The molecule has 0 amide bonds. The fraction of sp³-hybridized carbons (Fsp3) is 0.625. The van der Waals surface area contributed by atoms with E-state index in [0.29, 0.717) is 6.04 Å². The predicted molar refractivity (Wildman–Crippen MR) is 91.3 cm³/mol. The third-order valence-corrected chi connectivity index (χ3v) is 4.89. The fourth-order valence-corrected chi connectivity index (χ4v) is 4.06. The second-order valence-electron chi connectivity index (χ2n) is 5.89. The number of hydrogen-bond donors (Lipinski definition) is 1. The van der Waals surface area contributed by atoms with E-state index in [0.717, 1.165) is 33.8 Å². The average molecular weight is 405 g/mol. The maximum Gasteiger partial charge on any atom is 0.147 e. The largest absolute Gasteiger partial charge is 0.491 e. The maximum absolute atomic E-state index is 6.02. The van der Waals surface area contributed by atoms with Crippen molar-refractivity contribution < 1.29 is 4.74 Å². The number of nitrogens with one attached hydrogen (secondary N) is 1. The van der Waals surface area contributed by atoms with Gasteiger partial charge in [-0.3, -0.25) is 0 Å². The van der Waals surface area contributed by atoms with Gasteiger partial charge in [-0.1, -0.05) is 26.7 Å². The van der Waals surface area contributed by atoms with Gasteiger partial charge in [0.2, 0.25) is 0 Å². The zero-order valence-corrected chi connectivity index (χ0v) is 15.4. The van der Waals surface area contributed by atoms with Crippen LogP contribution in [0.4, 0.5) is 0 Å². The summed E-state index contributed by atoms with van der Waals surface area (Å²) in [7, 11) is 0. The monoisotopic (exact) mass is 403 g/mol. The first-order valence-corrected chi connectivity index (χ1v) is 8.99. The lowest BCUT2D eigenvalue weighted by Gasteiger charge is -2.16. The summed E-state index contributed by atoms with van der Waals surface area (Å²) < 4.78 is 8.08. The predicted octanol–water partition coefficient (Wildman–Crippen LogP) is 5.28. The summed E-state index contributed by atoms with van der Waals surface area (Å²) in [6.45, 7) is 6.02. The molecule has 0 saturated heterocycles. The summed E-state index contributed by atoms with van der Waals surface area (Å²) in [6.07, 6.45) is 5.34. The molecule has 0 atom stereocenters. The van der Waals surface area contributed by atoms with E-state index < -0.39 is 0 Å². The zero-order chi connectivity index (χ0) is 14.5. The molecular weight excluding hydrogens is 382 g/mol. The van der Waals surface area contributed by atoms with Gasteiger partial charge in [0, 0.05) is 12.6 Å². The van der Waals surface area contributed by atoms with Crippen molar-refractivity contribution in [2.45, 2.75) is 52.1 Å². The van der Waals surface area contributed by atoms with E-state index in [4.69, 9.17) is 4.74 Å². The molecule has 0 radical (unpaired) electrons. The summed E-state index contributed by atoms with van der Waals surface area (Å²) in [5.74, 6) is 1.67. The molecule has 1 aromatic carbocycles. The number of hydrogen-bond acceptors (Lipinski definition) is 2. The molecule has 0 spiro atoms. The first-order valence-electron chi connectivity index (χ1n) is 7.40. The Morgan fingerprint density at radius 2 is 1.80 bits per heavy atom. The van der Waals surface area contributed by atoms with Gasteiger partial charge >= 0.3 is 0 Å². The molecule has 1 aromatic rings. The van der Waals surface area contributed by atoms with Gasteiger partial charge in [0.25, 0.3) is 0 Å². The van der Waals surface area contributed by atoms with E-state index in [1.165, 1.54) is 31.2 Å². The minimum atomic E-state index is 0.492. The van der Waals surface area contributed by atoms with E-state index >= 15 is 0 Å². The molecule has 112 valence electrons. The highest BCUT2D eigenvalue weighted by molar-refractivity contribution is 9.11. The Labute approximate surface area is 138 Å². The van der Waals surface area contributed by atoms with E-state index in [1.54, 1.807) is 0 Å². The van der Waals surface area contributed by atoms with Crippen LogP contribution in [0.5, 0.6) is 5.75 Å². The van der Waals surface area contributed by atoms with Crippen molar-refractivity contribution >= 4 is 31.9 Å². The molecule has 1 saturated carbocycles. The van der Waals surface area contributed by atoms with Gasteiger partial charge in [-0.2, -0.15) is 0 Å². The standard InChI is InChI=1S/C16H23Br2NO/c1-11(2)19-9-13-7-14(17)16(15(18)8-13)20-10-12-5-3-4-6-12/h7-8,11-12,19H,3-6,9-10H2,1-2H3. The normalized spacial score (nSPS) is 16.1. The summed E-state index contributed by atoms with van der Waals surface area (Å²) in [4.78, 5) is 0. The number of ether oxygens (including phenoxy) is 1. The number of rotatable bonds is 6. The van der Waals surface area contributed by atoms with Gasteiger partial charge in [0.05, 0.1) is 15.6 Å². The van der Waals surface area contributed by atoms with Crippen LogP contribution in [0.25, 0.3) is 0 Å². The second kappa shape index (κ2) is 7.81. The molecule has 0 aromatic heterocycles. The molecule has 0 bridgehead atoms. The van der Waals surface area contributed by atoms with Crippen molar-refractivity contribution in [1.82, 2.24) is 5.32 Å². The van der Waals surface area contributed by atoms with E-state index in [-0.39, 0.29) is 0 Å². The Balaban J connectivity index is 1.98. The summed E-state index contributed by atoms with van der Waals surface area (Å²) in [5.41, 5.74) is 1.26. The minimum Gasteiger partial charge on any atom is -0.491 e. The average Bonchev–Trinajstić information content (AvgIpc) is 2.88. The SMILES string of the molecule is CC(C)NCc1cc(Br)c(OCC2CCCC2)c(Br)c1. The Morgan fingerprint density at radius 3 is 2.35 bits per heavy atom. The van der Waals surface area contributed by atoms with Crippen LogP contribution in [0.15, 0.2) is 21.1 Å². The molecule has 1 aliphatic carbocycles. The van der Waals surface area contributed by atoms with Crippen LogP contribution in [-0.4, -0.2) is 12.6 Å². The lowest BCUT2D eigenvalue weighted by atomic mass is 10.1. The maximum atomic E-state index is 6.02. The first-order chi connectivity index (χ1) is 9.56. The highest BCUT2D eigenvalue weighted by Crippen LogP contribution is 2.36. The van der Waals surface area contributed by atoms with Gasteiger partial charge in [0.1, 0.15) is 5.75 Å². The summed E-state index contributed by atoms with van der Waals surface area (Å²) in [6, 6.07) is 4.78. The molecule has 2 nitrogen and oxygen atoms in total. The highest BCUT2D eigenvalue weighted by Gasteiger charge is 2.17. The lowest BCUT2D eigenvalue weighted by molar-refractivity contribution is 0.249. The van der Waals surface area contributed by atoms with Crippen LogP contribution in [0.1, 0.15) is 45.1 Å². The van der Waals surface area contributed by atoms with Crippen LogP contribution in [-0.2, 0) is 6.54 Å². The van der Waals surface area contributed by atoms with Gasteiger partial charge in [0.15, 0.2) is 0 Å². The third-order valence-electron chi connectivity index (χ3n) is 3.71. The van der Waals surface area contributed by atoms with Crippen LogP contribution in [0, 0.1) is 5.92 Å². The van der Waals surface area contributed by atoms with E-state index in [1.807, 2.05) is 0 Å². The zero-order valence-electron chi connectivity index (χ0n) is 12.2. The summed E-state index contributed by atoms with van der Waals surface area (Å²) >= 11 is 7.26. The third kappa shape index (κ3) is 4.74. The van der Waals surface area contributed by atoms with Crippen molar-refractivity contribution in [3.8, 4) is 5.75 Å². The van der Waals surface area contributed by atoms with Crippen molar-refractivity contribution in [3.05, 3.63) is 26.6 Å². The Morgan fingerprint density at radius 1 is 1.20 bits per heavy atom. The van der Waals surface area contributed by atoms with Crippen LogP contribution < -0.4 is 10.1 Å². The van der Waals surface area contributed by atoms with Crippen molar-refractivity contribution in [1.29, 1.82) is 0 Å². The Bertz CT molecular complexity index is 419. The summed E-state index contributed by atoms with van der Waals surface area (Å²) in [5, 5.41) is 3.43. The lowest BCUT2D eigenvalue weighted by Crippen LogP contribution is -2.21. The molecule has 2 rings (SSSR count). The van der Waals surface area contributed by atoms with Gasteiger partial charge in [-0.25, -0.2) is 0 Å². The smallest absolute Gasteiger partial charge is 0.147 e. The first kappa shape index (κ1) is 16.3. The molecule has 1 aliphatic rings. The topological polar surface area (TPSA) is 21.3 Å².